The summed E-state index contributed by atoms with van der Waals surface area (Å²) in [5.41, 5.74) is 2.59. The van der Waals surface area contributed by atoms with E-state index >= 15 is 0 Å². The number of nitrogens with one attached hydrogen (secondary N) is 1. The van der Waals surface area contributed by atoms with Crippen LogP contribution in [0.5, 0.6) is 11.5 Å². The third-order valence-corrected chi connectivity index (χ3v) is 4.30. The molecular weight excluding hydrogens is 346 g/mol. The molecule has 7 heteroatoms. The summed E-state index contributed by atoms with van der Waals surface area (Å²) in [6, 6.07) is 12.9. The minimum Gasteiger partial charge on any atom is -0.493 e. The summed E-state index contributed by atoms with van der Waals surface area (Å²) >= 11 is 0. The fraction of sp³-hybridized carbons (Fsp3) is 0.150. The van der Waals surface area contributed by atoms with Gasteiger partial charge in [0.2, 0.25) is 5.82 Å². The molecule has 0 aliphatic rings. The molecule has 0 amide bonds. The molecule has 0 saturated heterocycles. The van der Waals surface area contributed by atoms with Gasteiger partial charge in [0.1, 0.15) is 0 Å². The molecule has 2 aromatic heterocycles. The van der Waals surface area contributed by atoms with Gasteiger partial charge in [-0.15, -0.1) is 0 Å². The average molecular weight is 363 g/mol. The molecule has 136 valence electrons. The second-order valence-corrected chi connectivity index (χ2v) is 6.10. The number of aryl methyl sites for hydroxylation is 1. The fourth-order valence-corrected chi connectivity index (χ4v) is 2.90. The molecule has 2 heterocycles. The van der Waals surface area contributed by atoms with Crippen LogP contribution >= 0.6 is 0 Å². The third kappa shape index (κ3) is 3.03. The smallest absolute Gasteiger partial charge is 0.259 e. The molecule has 0 saturated carbocycles. The number of rotatable bonds is 4. The number of H-pyrrole nitrogens is 1. The van der Waals surface area contributed by atoms with Crippen molar-refractivity contribution in [3.05, 3.63) is 58.4 Å². The van der Waals surface area contributed by atoms with Crippen LogP contribution in [-0.2, 0) is 0 Å². The molecule has 0 spiro atoms. The predicted octanol–water partition coefficient (Wildman–Crippen LogP) is 3.57. The molecule has 0 radical (unpaired) electrons. The second kappa shape index (κ2) is 6.60. The van der Waals surface area contributed by atoms with Crippen molar-refractivity contribution in [3.8, 4) is 34.3 Å². The quantitative estimate of drug-likeness (QED) is 0.596. The highest BCUT2D eigenvalue weighted by Crippen LogP contribution is 2.32. The normalized spacial score (nSPS) is 10.9. The number of pyridine rings is 1. The molecule has 4 rings (SSSR count). The van der Waals surface area contributed by atoms with Gasteiger partial charge in [-0.2, -0.15) is 4.98 Å². The minimum atomic E-state index is -0.271. The summed E-state index contributed by atoms with van der Waals surface area (Å²) in [6.07, 6.45) is 0. The highest BCUT2D eigenvalue weighted by atomic mass is 16.5. The van der Waals surface area contributed by atoms with Gasteiger partial charge in [-0.05, 0) is 48.2 Å². The van der Waals surface area contributed by atoms with Gasteiger partial charge in [0.15, 0.2) is 11.5 Å². The van der Waals surface area contributed by atoms with Crippen LogP contribution in [-0.4, -0.2) is 29.3 Å². The maximum absolute atomic E-state index is 12.5. The van der Waals surface area contributed by atoms with E-state index in [4.69, 9.17) is 14.0 Å². The lowest BCUT2D eigenvalue weighted by Gasteiger charge is -2.07. The molecule has 0 unspecified atom stereocenters. The number of aromatic nitrogens is 3. The molecule has 0 fully saturated rings. The van der Waals surface area contributed by atoms with Gasteiger partial charge in [-0.1, -0.05) is 17.3 Å². The monoisotopic (exact) mass is 363 g/mol. The molecule has 0 aliphatic heterocycles. The lowest BCUT2D eigenvalue weighted by Crippen LogP contribution is -2.09. The van der Waals surface area contributed by atoms with Crippen LogP contribution in [0.25, 0.3) is 33.7 Å². The second-order valence-electron chi connectivity index (χ2n) is 6.10. The van der Waals surface area contributed by atoms with E-state index in [0.29, 0.717) is 22.6 Å². The number of hydrogen-bond donors (Lipinski definition) is 1. The van der Waals surface area contributed by atoms with Gasteiger partial charge >= 0.3 is 0 Å². The number of methoxy groups -OCH3 is 2. The van der Waals surface area contributed by atoms with Crippen molar-refractivity contribution in [1.82, 2.24) is 15.1 Å². The van der Waals surface area contributed by atoms with Crippen molar-refractivity contribution in [3.63, 3.8) is 0 Å². The topological polar surface area (TPSA) is 90.2 Å². The summed E-state index contributed by atoms with van der Waals surface area (Å²) in [7, 11) is 3.12. The summed E-state index contributed by atoms with van der Waals surface area (Å²) in [5, 5.41) is 4.86. The summed E-state index contributed by atoms with van der Waals surface area (Å²) in [5.74, 6) is 1.66. The van der Waals surface area contributed by atoms with E-state index in [1.165, 1.54) is 0 Å². The Morgan fingerprint density at radius 2 is 1.81 bits per heavy atom. The van der Waals surface area contributed by atoms with Crippen molar-refractivity contribution in [1.29, 1.82) is 0 Å². The van der Waals surface area contributed by atoms with Gasteiger partial charge in [0.25, 0.3) is 11.4 Å². The first-order valence-electron chi connectivity index (χ1n) is 8.29. The Morgan fingerprint density at radius 1 is 1.00 bits per heavy atom. The van der Waals surface area contributed by atoms with Crippen LogP contribution in [0.2, 0.25) is 0 Å². The zero-order valence-corrected chi connectivity index (χ0v) is 15.1. The zero-order valence-electron chi connectivity index (χ0n) is 15.1. The van der Waals surface area contributed by atoms with E-state index in [1.54, 1.807) is 38.5 Å². The largest absolute Gasteiger partial charge is 0.493 e. The zero-order chi connectivity index (χ0) is 19.0. The van der Waals surface area contributed by atoms with Crippen molar-refractivity contribution in [2.75, 3.05) is 14.2 Å². The van der Waals surface area contributed by atoms with E-state index in [0.717, 1.165) is 16.5 Å². The molecule has 2 aromatic carbocycles. The number of aromatic amines is 1. The van der Waals surface area contributed by atoms with Crippen LogP contribution in [0.4, 0.5) is 0 Å². The Labute approximate surface area is 154 Å². The van der Waals surface area contributed by atoms with Crippen LogP contribution in [0.1, 0.15) is 5.56 Å². The molecule has 0 aliphatic carbocycles. The summed E-state index contributed by atoms with van der Waals surface area (Å²) in [4.78, 5) is 19.7. The van der Waals surface area contributed by atoms with Crippen molar-refractivity contribution in [2.24, 2.45) is 0 Å². The van der Waals surface area contributed by atoms with E-state index in [-0.39, 0.29) is 17.3 Å². The molecule has 27 heavy (non-hydrogen) atoms. The van der Waals surface area contributed by atoms with Gasteiger partial charge < -0.3 is 19.0 Å². The highest BCUT2D eigenvalue weighted by Gasteiger charge is 2.16. The number of ether oxygens (including phenoxy) is 2. The Balaban J connectivity index is 1.77. The lowest BCUT2D eigenvalue weighted by atomic mass is 10.1. The summed E-state index contributed by atoms with van der Waals surface area (Å²) in [6.45, 7) is 1.97. The Kier molecular flexibility index (Phi) is 4.12. The lowest BCUT2D eigenvalue weighted by molar-refractivity contribution is 0.355. The van der Waals surface area contributed by atoms with Crippen molar-refractivity contribution in [2.45, 2.75) is 6.92 Å². The van der Waals surface area contributed by atoms with Crippen LogP contribution < -0.4 is 15.0 Å². The SMILES string of the molecule is COc1ccc(-c2nc(-c3cc4ccc(C)cc4[nH]c3=O)no2)cc1OC. The molecule has 4 aromatic rings. The van der Waals surface area contributed by atoms with E-state index in [1.807, 2.05) is 25.1 Å². The first kappa shape index (κ1) is 16.8. The maximum atomic E-state index is 12.5. The fourth-order valence-electron chi connectivity index (χ4n) is 2.90. The van der Waals surface area contributed by atoms with Gasteiger partial charge in [0.05, 0.1) is 19.8 Å². The summed E-state index contributed by atoms with van der Waals surface area (Å²) < 4.78 is 15.9. The number of fused-ring (bicyclic) bond motifs is 1. The first-order valence-corrected chi connectivity index (χ1v) is 8.29. The van der Waals surface area contributed by atoms with Crippen LogP contribution in [0, 0.1) is 6.92 Å². The predicted molar refractivity (Wildman–Crippen MR) is 101 cm³/mol. The number of hydrogen-bond acceptors (Lipinski definition) is 6. The molecule has 0 bridgehead atoms. The van der Waals surface area contributed by atoms with Crippen molar-refractivity contribution < 1.29 is 14.0 Å². The highest BCUT2D eigenvalue weighted by molar-refractivity contribution is 5.83. The Bertz CT molecular complexity index is 1190. The Hall–Kier alpha value is -3.61. The van der Waals surface area contributed by atoms with E-state index in [2.05, 4.69) is 15.1 Å². The van der Waals surface area contributed by atoms with E-state index in [9.17, 15) is 4.79 Å². The average Bonchev–Trinajstić information content (AvgIpc) is 3.16. The maximum Gasteiger partial charge on any atom is 0.259 e. The minimum absolute atomic E-state index is 0.225. The van der Waals surface area contributed by atoms with Crippen LogP contribution in [0.3, 0.4) is 0 Å². The van der Waals surface area contributed by atoms with Crippen LogP contribution in [0.15, 0.2) is 51.8 Å². The molecule has 0 atom stereocenters. The number of nitrogens with zero attached hydrogens (tertiary/aromatic N) is 2. The third-order valence-electron chi connectivity index (χ3n) is 4.30. The van der Waals surface area contributed by atoms with Gasteiger partial charge in [0, 0.05) is 11.1 Å². The Morgan fingerprint density at radius 3 is 2.59 bits per heavy atom. The molecule has 1 N–H and O–H groups in total. The number of benzene rings is 2. The standard InChI is InChI=1S/C20H17N3O4/c1-11-4-5-12-9-14(19(24)21-15(12)8-11)18-22-20(27-23-18)13-6-7-16(25-2)17(10-13)26-3/h4-10H,1-3H3,(H,21,24). The van der Waals surface area contributed by atoms with Gasteiger partial charge in [-0.25, -0.2) is 0 Å². The molecular formula is C20H17N3O4. The molecule has 7 nitrogen and oxygen atoms in total. The first-order chi connectivity index (χ1) is 13.1. The van der Waals surface area contributed by atoms with Gasteiger partial charge in [-0.3, -0.25) is 4.79 Å². The van der Waals surface area contributed by atoms with E-state index < -0.39 is 0 Å². The van der Waals surface area contributed by atoms with Crippen molar-refractivity contribution >= 4 is 10.9 Å².